The average molecular weight is 235 g/mol. The number of aryl methyl sites for hydroxylation is 2. The highest BCUT2D eigenvalue weighted by Crippen LogP contribution is 2.10. The van der Waals surface area contributed by atoms with Crippen molar-refractivity contribution in [1.29, 1.82) is 5.53 Å². The third-order valence-electron chi connectivity index (χ3n) is 1.93. The van der Waals surface area contributed by atoms with Gasteiger partial charge in [-0.3, -0.25) is 0 Å². The highest BCUT2D eigenvalue weighted by Gasteiger charge is 2.03. The van der Waals surface area contributed by atoms with E-state index >= 15 is 0 Å². The van der Waals surface area contributed by atoms with Crippen LogP contribution < -0.4 is 10.3 Å². The highest BCUT2D eigenvalue weighted by atomic mass is 32.1. The van der Waals surface area contributed by atoms with Crippen molar-refractivity contribution in [2.45, 2.75) is 6.92 Å². The van der Waals surface area contributed by atoms with Crippen molar-refractivity contribution >= 4 is 22.2 Å². The third-order valence-corrected chi connectivity index (χ3v) is 2.78. The first-order chi connectivity index (χ1) is 7.63. The van der Waals surface area contributed by atoms with Crippen LogP contribution in [-0.2, 0) is 7.05 Å². The summed E-state index contributed by atoms with van der Waals surface area (Å²) in [7, 11) is 1.86. The van der Waals surface area contributed by atoms with Gasteiger partial charge in [0.2, 0.25) is 0 Å². The summed E-state index contributed by atoms with van der Waals surface area (Å²) in [5, 5.41) is 5.88. The van der Waals surface area contributed by atoms with Crippen LogP contribution in [0.15, 0.2) is 41.0 Å². The van der Waals surface area contributed by atoms with E-state index in [9.17, 15) is 0 Å². The van der Waals surface area contributed by atoms with Crippen molar-refractivity contribution < 1.29 is 4.57 Å². The Kier molecular flexibility index (Phi) is 4.60. The Labute approximate surface area is 98.9 Å². The van der Waals surface area contributed by atoms with Crippen LogP contribution in [0, 0.1) is 12.5 Å². The molecule has 1 aromatic carbocycles. The van der Waals surface area contributed by atoms with Gasteiger partial charge in [0.05, 0.1) is 12.2 Å². The second-order valence-electron chi connectivity index (χ2n) is 3.32. The van der Waals surface area contributed by atoms with Gasteiger partial charge < -0.3 is 5.73 Å². The molecule has 0 saturated heterocycles. The molecule has 0 atom stereocenters. The predicted octanol–water partition coefficient (Wildman–Crippen LogP) is 2.81. The van der Waals surface area contributed by atoms with Crippen molar-refractivity contribution in [2.75, 3.05) is 5.73 Å². The number of rotatable bonds is 1. The van der Waals surface area contributed by atoms with Gasteiger partial charge in [0.25, 0.3) is 0 Å². The Bertz CT molecular complexity index is 426. The maximum absolute atomic E-state index is 6.62. The third kappa shape index (κ3) is 3.78. The molecule has 0 spiro atoms. The Balaban J connectivity index is 0.000000160. The molecule has 0 aliphatic rings. The molecule has 0 amide bonds. The molecule has 4 nitrogen and oxygen atoms in total. The predicted molar refractivity (Wildman–Crippen MR) is 65.9 cm³/mol. The standard InChI is InChI=1S/C7H9N.C4H6N3S/c1-6-2-4-7(8)5-3-6;1-7-2-3-8-4(7)6-5/h2-5H,8H2,1H3;2-3,5H,1H3/q;+1. The van der Waals surface area contributed by atoms with Gasteiger partial charge in [0.15, 0.2) is 0 Å². The largest absolute Gasteiger partial charge is 0.407 e. The molecule has 0 radical (unpaired) electrons. The Morgan fingerprint density at radius 1 is 1.31 bits per heavy atom. The molecule has 0 unspecified atom stereocenters. The number of nitrogens with one attached hydrogen (secondary N) is 1. The second-order valence-corrected chi connectivity index (χ2v) is 4.19. The molecule has 16 heavy (non-hydrogen) atoms. The first kappa shape index (κ1) is 12.3. The van der Waals surface area contributed by atoms with E-state index in [1.54, 1.807) is 4.57 Å². The van der Waals surface area contributed by atoms with Crippen LogP contribution >= 0.6 is 11.3 Å². The van der Waals surface area contributed by atoms with Gasteiger partial charge >= 0.3 is 5.13 Å². The normalized spacial score (nSPS) is 9.12. The summed E-state index contributed by atoms with van der Waals surface area (Å²) in [4.78, 5) is 0. The van der Waals surface area contributed by atoms with Crippen molar-refractivity contribution in [1.82, 2.24) is 0 Å². The van der Waals surface area contributed by atoms with Crippen LogP contribution in [-0.4, -0.2) is 0 Å². The van der Waals surface area contributed by atoms with Crippen LogP contribution in [0.2, 0.25) is 0 Å². The lowest BCUT2D eigenvalue weighted by Crippen LogP contribution is -2.23. The number of aromatic nitrogens is 1. The summed E-state index contributed by atoms with van der Waals surface area (Å²) >= 11 is 1.46. The number of nitrogen functional groups attached to an aromatic ring is 1. The van der Waals surface area contributed by atoms with E-state index in [0.717, 1.165) is 10.8 Å². The van der Waals surface area contributed by atoms with Gasteiger partial charge in [0.1, 0.15) is 6.20 Å². The van der Waals surface area contributed by atoms with E-state index in [-0.39, 0.29) is 0 Å². The zero-order chi connectivity index (χ0) is 12.0. The van der Waals surface area contributed by atoms with Crippen molar-refractivity contribution in [3.05, 3.63) is 41.4 Å². The van der Waals surface area contributed by atoms with Crippen LogP contribution in [0.4, 0.5) is 10.8 Å². The molecule has 0 bridgehead atoms. The molecule has 1 heterocycles. The molecule has 2 rings (SSSR count). The lowest BCUT2D eigenvalue weighted by Gasteiger charge is -1.90. The zero-order valence-electron chi connectivity index (χ0n) is 9.34. The summed E-state index contributed by atoms with van der Waals surface area (Å²) in [6, 6.07) is 7.79. The van der Waals surface area contributed by atoms with Gasteiger partial charge in [-0.05, 0) is 30.4 Å². The summed E-state index contributed by atoms with van der Waals surface area (Å²) in [6.45, 7) is 2.04. The number of hydrogen-bond acceptors (Lipinski definition) is 4. The van der Waals surface area contributed by atoms with Crippen molar-refractivity contribution in [2.24, 2.45) is 12.2 Å². The van der Waals surface area contributed by atoms with E-state index in [1.807, 2.05) is 49.8 Å². The summed E-state index contributed by atoms with van der Waals surface area (Å²) in [5.41, 5.74) is 14.1. The van der Waals surface area contributed by atoms with Crippen molar-refractivity contribution in [3.63, 3.8) is 0 Å². The molecule has 0 saturated carbocycles. The number of benzene rings is 1. The monoisotopic (exact) mass is 235 g/mol. The van der Waals surface area contributed by atoms with Gasteiger partial charge in [-0.1, -0.05) is 23.2 Å². The van der Waals surface area contributed by atoms with E-state index < -0.39 is 0 Å². The van der Waals surface area contributed by atoms with Crippen LogP contribution in [0.5, 0.6) is 0 Å². The maximum Gasteiger partial charge on any atom is 0.407 e. The zero-order valence-corrected chi connectivity index (χ0v) is 10.2. The molecule has 1 aromatic heterocycles. The number of hydrogen-bond donors (Lipinski definition) is 2. The van der Waals surface area contributed by atoms with Crippen LogP contribution in [0.1, 0.15) is 5.56 Å². The first-order valence-electron chi connectivity index (χ1n) is 4.76. The maximum atomic E-state index is 6.62. The lowest BCUT2D eigenvalue weighted by atomic mass is 10.2. The average Bonchev–Trinajstić information content (AvgIpc) is 2.69. The number of nitrogens with two attached hydrogens (primary N) is 1. The quantitative estimate of drug-likeness (QED) is 0.445. The summed E-state index contributed by atoms with van der Waals surface area (Å²) in [5.74, 6) is 0. The second kappa shape index (κ2) is 5.97. The minimum absolute atomic E-state index is 0.727. The van der Waals surface area contributed by atoms with Gasteiger partial charge in [-0.25, -0.2) is 4.57 Å². The molecule has 84 valence electrons. The fourth-order valence-corrected chi connectivity index (χ4v) is 1.65. The fourth-order valence-electron chi connectivity index (χ4n) is 1.00. The Hall–Kier alpha value is -1.75. The number of thiazole rings is 1. The highest BCUT2D eigenvalue weighted by molar-refractivity contribution is 7.12. The van der Waals surface area contributed by atoms with E-state index in [2.05, 4.69) is 5.11 Å². The van der Waals surface area contributed by atoms with Gasteiger partial charge in [-0.15, -0.1) is 0 Å². The Morgan fingerprint density at radius 3 is 2.25 bits per heavy atom. The van der Waals surface area contributed by atoms with Gasteiger partial charge in [-0.2, -0.15) is 0 Å². The van der Waals surface area contributed by atoms with Gasteiger partial charge in [0, 0.05) is 11.1 Å². The SMILES string of the molecule is C[n+]1ccsc1N=N.Cc1ccc(N)cc1. The Morgan fingerprint density at radius 2 is 1.94 bits per heavy atom. The molecular weight excluding hydrogens is 220 g/mol. The molecule has 0 aliphatic carbocycles. The topological polar surface area (TPSA) is 66.1 Å². The number of anilines is 1. The van der Waals surface area contributed by atoms with Crippen LogP contribution in [0.25, 0.3) is 0 Å². The molecule has 5 heteroatoms. The summed E-state index contributed by atoms with van der Waals surface area (Å²) in [6.07, 6.45) is 1.87. The molecule has 0 fully saturated rings. The molecule has 3 N–H and O–H groups in total. The van der Waals surface area contributed by atoms with E-state index in [0.29, 0.717) is 0 Å². The number of nitrogens with zero attached hydrogens (tertiary/aromatic N) is 2. The minimum atomic E-state index is 0.727. The lowest BCUT2D eigenvalue weighted by molar-refractivity contribution is -0.654. The van der Waals surface area contributed by atoms with Crippen molar-refractivity contribution in [3.8, 4) is 0 Å². The van der Waals surface area contributed by atoms with Crippen LogP contribution in [0.3, 0.4) is 0 Å². The molecular formula is C11H15N4S+. The minimum Gasteiger partial charge on any atom is -0.399 e. The first-order valence-corrected chi connectivity index (χ1v) is 5.64. The smallest absolute Gasteiger partial charge is 0.399 e. The fraction of sp³-hybridized carbons (Fsp3) is 0.182. The molecule has 2 aromatic rings. The van der Waals surface area contributed by atoms with E-state index in [1.165, 1.54) is 16.9 Å². The summed E-state index contributed by atoms with van der Waals surface area (Å²) < 4.78 is 1.80. The van der Waals surface area contributed by atoms with E-state index in [4.69, 9.17) is 11.3 Å². The molecule has 0 aliphatic heterocycles.